The first kappa shape index (κ1) is 15.0. The van der Waals surface area contributed by atoms with Crippen LogP contribution in [0, 0.1) is 11.3 Å². The molecule has 0 aromatic carbocycles. The first-order chi connectivity index (χ1) is 7.95. The lowest BCUT2D eigenvalue weighted by molar-refractivity contribution is 0.122. The van der Waals surface area contributed by atoms with Crippen molar-refractivity contribution in [2.75, 3.05) is 26.2 Å². The van der Waals surface area contributed by atoms with E-state index in [0.29, 0.717) is 5.41 Å². The molecule has 0 radical (unpaired) electrons. The molecule has 1 rings (SSSR count). The minimum Gasteiger partial charge on any atom is -0.314 e. The van der Waals surface area contributed by atoms with Crippen LogP contribution in [-0.2, 0) is 0 Å². The van der Waals surface area contributed by atoms with E-state index in [9.17, 15) is 0 Å². The van der Waals surface area contributed by atoms with E-state index in [1.165, 1.54) is 45.4 Å². The van der Waals surface area contributed by atoms with Crippen molar-refractivity contribution < 1.29 is 0 Å². The van der Waals surface area contributed by atoms with Gasteiger partial charge in [0.15, 0.2) is 0 Å². The molecule has 1 aliphatic rings. The van der Waals surface area contributed by atoms with E-state index < -0.39 is 0 Å². The molecule has 1 saturated heterocycles. The second kappa shape index (κ2) is 6.75. The summed E-state index contributed by atoms with van der Waals surface area (Å²) in [6.45, 7) is 16.8. The first-order valence-corrected chi connectivity index (χ1v) is 7.41. The zero-order chi connectivity index (χ0) is 12.9. The van der Waals surface area contributed by atoms with Crippen molar-refractivity contribution in [1.82, 2.24) is 10.2 Å². The topological polar surface area (TPSA) is 15.3 Å². The number of nitrogens with zero attached hydrogens (tertiary/aromatic N) is 1. The molecule has 0 spiro atoms. The normalized spacial score (nSPS) is 24.7. The predicted octanol–water partition coefficient (Wildman–Crippen LogP) is 3.13. The van der Waals surface area contributed by atoms with Gasteiger partial charge < -0.3 is 10.2 Å². The Kier molecular flexibility index (Phi) is 5.94. The predicted molar refractivity (Wildman–Crippen MR) is 76.4 cm³/mol. The Morgan fingerprint density at radius 1 is 1.29 bits per heavy atom. The Bertz CT molecular complexity index is 211. The van der Waals surface area contributed by atoms with Crippen LogP contribution in [0.5, 0.6) is 0 Å². The van der Waals surface area contributed by atoms with Crippen LogP contribution in [0.2, 0.25) is 0 Å². The van der Waals surface area contributed by atoms with Crippen LogP contribution < -0.4 is 5.32 Å². The molecular weight excluding hydrogens is 208 g/mol. The van der Waals surface area contributed by atoms with E-state index >= 15 is 0 Å². The van der Waals surface area contributed by atoms with E-state index in [0.717, 1.165) is 12.0 Å². The molecule has 17 heavy (non-hydrogen) atoms. The SMILES string of the molecule is CCC1CCN(CC(C)(C)C(C)C)CCCN1. The third-order valence-electron chi connectivity index (χ3n) is 4.56. The fraction of sp³-hybridized carbons (Fsp3) is 1.00. The van der Waals surface area contributed by atoms with E-state index in [1.807, 2.05) is 0 Å². The molecule has 0 amide bonds. The minimum atomic E-state index is 0.439. The zero-order valence-corrected chi connectivity index (χ0v) is 12.6. The molecule has 0 aromatic heterocycles. The zero-order valence-electron chi connectivity index (χ0n) is 12.6. The summed E-state index contributed by atoms with van der Waals surface area (Å²) >= 11 is 0. The second-order valence-electron chi connectivity index (χ2n) is 6.62. The monoisotopic (exact) mass is 240 g/mol. The average Bonchev–Trinajstić information content (AvgIpc) is 2.22. The van der Waals surface area contributed by atoms with Gasteiger partial charge in [-0.3, -0.25) is 0 Å². The summed E-state index contributed by atoms with van der Waals surface area (Å²) in [5.41, 5.74) is 0.439. The molecule has 1 fully saturated rings. The van der Waals surface area contributed by atoms with Crippen LogP contribution in [0.25, 0.3) is 0 Å². The molecule has 0 saturated carbocycles. The standard InChI is InChI=1S/C15H32N2/c1-6-14-8-11-17(10-7-9-16-14)12-15(4,5)13(2)3/h13-14,16H,6-12H2,1-5H3. The summed E-state index contributed by atoms with van der Waals surface area (Å²) in [6.07, 6.45) is 3.87. The number of nitrogens with one attached hydrogen (secondary N) is 1. The fourth-order valence-electron chi connectivity index (χ4n) is 2.43. The Balaban J connectivity index is 2.46. The van der Waals surface area contributed by atoms with Gasteiger partial charge in [-0.15, -0.1) is 0 Å². The summed E-state index contributed by atoms with van der Waals surface area (Å²) < 4.78 is 0. The highest BCUT2D eigenvalue weighted by molar-refractivity contribution is 4.79. The molecule has 102 valence electrons. The lowest BCUT2D eigenvalue weighted by Crippen LogP contribution is -2.43. The van der Waals surface area contributed by atoms with Gasteiger partial charge in [-0.05, 0) is 50.2 Å². The van der Waals surface area contributed by atoms with E-state index in [4.69, 9.17) is 0 Å². The summed E-state index contributed by atoms with van der Waals surface area (Å²) in [7, 11) is 0. The Morgan fingerprint density at radius 2 is 2.00 bits per heavy atom. The molecule has 1 aliphatic heterocycles. The van der Waals surface area contributed by atoms with Gasteiger partial charge in [-0.2, -0.15) is 0 Å². The van der Waals surface area contributed by atoms with Gasteiger partial charge in [-0.1, -0.05) is 34.6 Å². The van der Waals surface area contributed by atoms with Crippen LogP contribution in [-0.4, -0.2) is 37.1 Å². The van der Waals surface area contributed by atoms with Crippen molar-refractivity contribution in [3.63, 3.8) is 0 Å². The quantitative estimate of drug-likeness (QED) is 0.812. The highest BCUT2D eigenvalue weighted by Gasteiger charge is 2.26. The second-order valence-corrected chi connectivity index (χ2v) is 6.62. The van der Waals surface area contributed by atoms with Gasteiger partial charge in [0.1, 0.15) is 0 Å². The molecular formula is C15H32N2. The lowest BCUT2D eigenvalue weighted by Gasteiger charge is -2.37. The van der Waals surface area contributed by atoms with Crippen LogP contribution in [0.4, 0.5) is 0 Å². The van der Waals surface area contributed by atoms with Crippen molar-refractivity contribution in [1.29, 1.82) is 0 Å². The molecule has 0 bridgehead atoms. The van der Waals surface area contributed by atoms with Crippen LogP contribution >= 0.6 is 0 Å². The Labute approximate surface area is 108 Å². The molecule has 1 unspecified atom stereocenters. The number of hydrogen-bond acceptors (Lipinski definition) is 2. The highest BCUT2D eigenvalue weighted by Crippen LogP contribution is 2.27. The molecule has 2 heteroatoms. The average molecular weight is 240 g/mol. The van der Waals surface area contributed by atoms with Crippen LogP contribution in [0.1, 0.15) is 53.9 Å². The molecule has 1 heterocycles. The third kappa shape index (κ3) is 4.97. The van der Waals surface area contributed by atoms with Crippen LogP contribution in [0.15, 0.2) is 0 Å². The van der Waals surface area contributed by atoms with Crippen molar-refractivity contribution in [2.45, 2.75) is 59.9 Å². The summed E-state index contributed by atoms with van der Waals surface area (Å²) in [6, 6.07) is 0.736. The molecule has 1 N–H and O–H groups in total. The fourth-order valence-corrected chi connectivity index (χ4v) is 2.43. The molecule has 2 nitrogen and oxygen atoms in total. The summed E-state index contributed by atoms with van der Waals surface area (Å²) in [5.74, 6) is 0.757. The highest BCUT2D eigenvalue weighted by atomic mass is 15.1. The maximum Gasteiger partial charge on any atom is 0.00766 e. The van der Waals surface area contributed by atoms with E-state index in [2.05, 4.69) is 44.8 Å². The number of hydrogen-bond donors (Lipinski definition) is 1. The maximum atomic E-state index is 3.65. The van der Waals surface area contributed by atoms with Gasteiger partial charge >= 0.3 is 0 Å². The van der Waals surface area contributed by atoms with E-state index in [1.54, 1.807) is 0 Å². The van der Waals surface area contributed by atoms with Gasteiger partial charge in [-0.25, -0.2) is 0 Å². The van der Waals surface area contributed by atoms with Gasteiger partial charge in [0.05, 0.1) is 0 Å². The van der Waals surface area contributed by atoms with Crippen molar-refractivity contribution >= 4 is 0 Å². The van der Waals surface area contributed by atoms with Crippen LogP contribution in [0.3, 0.4) is 0 Å². The van der Waals surface area contributed by atoms with E-state index in [-0.39, 0.29) is 0 Å². The number of rotatable bonds is 4. The molecule has 0 aliphatic carbocycles. The third-order valence-corrected chi connectivity index (χ3v) is 4.56. The Morgan fingerprint density at radius 3 is 2.59 bits per heavy atom. The van der Waals surface area contributed by atoms with Crippen molar-refractivity contribution in [3.05, 3.63) is 0 Å². The first-order valence-electron chi connectivity index (χ1n) is 7.41. The smallest absolute Gasteiger partial charge is 0.00766 e. The van der Waals surface area contributed by atoms with Crippen molar-refractivity contribution in [3.8, 4) is 0 Å². The van der Waals surface area contributed by atoms with Gasteiger partial charge in [0.2, 0.25) is 0 Å². The van der Waals surface area contributed by atoms with Gasteiger partial charge in [0, 0.05) is 12.6 Å². The molecule has 0 aromatic rings. The molecule has 1 atom stereocenters. The Hall–Kier alpha value is -0.0800. The van der Waals surface area contributed by atoms with Gasteiger partial charge in [0.25, 0.3) is 0 Å². The summed E-state index contributed by atoms with van der Waals surface area (Å²) in [4.78, 5) is 2.68. The van der Waals surface area contributed by atoms with Crippen molar-refractivity contribution in [2.24, 2.45) is 11.3 Å². The lowest BCUT2D eigenvalue weighted by atomic mass is 9.80. The maximum absolute atomic E-state index is 3.65. The minimum absolute atomic E-state index is 0.439. The largest absolute Gasteiger partial charge is 0.314 e. The summed E-state index contributed by atoms with van der Waals surface area (Å²) in [5, 5.41) is 3.65.